The van der Waals surface area contributed by atoms with Crippen molar-refractivity contribution in [3.63, 3.8) is 0 Å². The van der Waals surface area contributed by atoms with E-state index >= 15 is 0 Å². The summed E-state index contributed by atoms with van der Waals surface area (Å²) in [6, 6.07) is 5.89. The number of benzene rings is 1. The number of rotatable bonds is 5. The summed E-state index contributed by atoms with van der Waals surface area (Å²) >= 11 is 1.36. The van der Waals surface area contributed by atoms with Gasteiger partial charge in [0.15, 0.2) is 5.03 Å². The monoisotopic (exact) mass is 373 g/mol. The molecule has 1 aliphatic rings. The van der Waals surface area contributed by atoms with Crippen molar-refractivity contribution in [1.29, 1.82) is 0 Å². The van der Waals surface area contributed by atoms with Crippen LogP contribution in [0.2, 0.25) is 0 Å². The molecule has 2 N–H and O–H groups in total. The molecule has 6 nitrogen and oxygen atoms in total. The van der Waals surface area contributed by atoms with Crippen LogP contribution in [0.4, 0.5) is 13.2 Å². The van der Waals surface area contributed by atoms with Gasteiger partial charge in [-0.05, 0) is 42.9 Å². The highest BCUT2D eigenvalue weighted by molar-refractivity contribution is 7.99. The van der Waals surface area contributed by atoms with Crippen molar-refractivity contribution in [2.24, 2.45) is 0 Å². The average Bonchev–Trinajstić information content (AvgIpc) is 3.16. The number of hydrogen-bond donors (Lipinski definition) is 2. The molecule has 134 valence electrons. The summed E-state index contributed by atoms with van der Waals surface area (Å²) < 4.78 is 40.4. The van der Waals surface area contributed by atoms with E-state index in [-0.39, 0.29) is 22.6 Å². The Hall–Kier alpha value is -2.23. The Balaban J connectivity index is 1.61. The Morgan fingerprint density at radius 2 is 1.96 bits per heavy atom. The van der Waals surface area contributed by atoms with Crippen LogP contribution < -0.4 is 4.74 Å². The molecule has 1 heterocycles. The molecule has 3 rings (SSSR count). The van der Waals surface area contributed by atoms with Gasteiger partial charge in [-0.25, -0.2) is 4.79 Å². The first-order valence-corrected chi connectivity index (χ1v) is 8.36. The second kappa shape index (κ2) is 6.95. The van der Waals surface area contributed by atoms with Crippen LogP contribution in [0.25, 0.3) is 0 Å². The number of aromatic carboxylic acids is 1. The third kappa shape index (κ3) is 4.44. The molecule has 0 spiro atoms. The molecule has 2 unspecified atom stereocenters. The maximum atomic E-state index is 12.2. The molecule has 2 aromatic rings. The molecule has 1 aromatic carbocycles. The maximum Gasteiger partial charge on any atom is 0.573 e. The van der Waals surface area contributed by atoms with E-state index in [9.17, 15) is 18.0 Å². The molecule has 0 saturated heterocycles. The van der Waals surface area contributed by atoms with E-state index in [0.717, 1.165) is 24.8 Å². The molecule has 25 heavy (non-hydrogen) atoms. The number of alkyl halides is 3. The van der Waals surface area contributed by atoms with Crippen LogP contribution in [0, 0.1) is 0 Å². The van der Waals surface area contributed by atoms with Gasteiger partial charge < -0.3 is 9.84 Å². The first-order valence-electron chi connectivity index (χ1n) is 7.48. The van der Waals surface area contributed by atoms with E-state index in [0.29, 0.717) is 5.03 Å². The number of carbonyl (C=O) groups is 1. The smallest absolute Gasteiger partial charge is 0.476 e. The molecule has 0 bridgehead atoms. The molecule has 1 fully saturated rings. The van der Waals surface area contributed by atoms with Gasteiger partial charge in [-0.2, -0.15) is 5.21 Å². The normalized spacial score (nSPS) is 20.6. The predicted molar refractivity (Wildman–Crippen MR) is 82.7 cm³/mol. The van der Waals surface area contributed by atoms with Gasteiger partial charge in [-0.3, -0.25) is 0 Å². The van der Waals surface area contributed by atoms with Gasteiger partial charge in [0.25, 0.3) is 0 Å². The summed E-state index contributed by atoms with van der Waals surface area (Å²) in [7, 11) is 0. The number of aromatic nitrogens is 3. The van der Waals surface area contributed by atoms with Crippen LogP contribution in [0.3, 0.4) is 0 Å². The number of carboxylic acid groups (broad SMARTS) is 1. The summed E-state index contributed by atoms with van der Waals surface area (Å²) in [5, 5.41) is 19.4. The lowest BCUT2D eigenvalue weighted by molar-refractivity contribution is -0.274. The minimum absolute atomic E-state index is 0.0953. The van der Waals surface area contributed by atoms with Crippen LogP contribution in [0.1, 0.15) is 41.2 Å². The average molecular weight is 373 g/mol. The summed E-state index contributed by atoms with van der Waals surface area (Å²) in [4.78, 5) is 11.0. The van der Waals surface area contributed by atoms with Crippen LogP contribution >= 0.6 is 11.8 Å². The summed E-state index contributed by atoms with van der Waals surface area (Å²) in [5.41, 5.74) is 0.846. The fourth-order valence-corrected chi connectivity index (χ4v) is 4.13. The lowest BCUT2D eigenvalue weighted by atomic mass is 9.98. The molecule has 10 heteroatoms. The van der Waals surface area contributed by atoms with E-state index in [2.05, 4.69) is 20.1 Å². The first kappa shape index (κ1) is 17.6. The fourth-order valence-electron chi connectivity index (χ4n) is 2.89. The Kier molecular flexibility index (Phi) is 4.89. The van der Waals surface area contributed by atoms with Crippen LogP contribution in [-0.4, -0.2) is 38.1 Å². The van der Waals surface area contributed by atoms with Gasteiger partial charge in [-0.15, -0.1) is 23.4 Å². The van der Waals surface area contributed by atoms with E-state index in [1.807, 2.05) is 0 Å². The van der Waals surface area contributed by atoms with Crippen molar-refractivity contribution in [3.8, 4) is 5.75 Å². The number of aromatic amines is 1. The van der Waals surface area contributed by atoms with Gasteiger partial charge in [0, 0.05) is 5.25 Å². The molecule has 1 aliphatic carbocycles. The zero-order valence-corrected chi connectivity index (χ0v) is 13.6. The number of nitrogens with one attached hydrogen (secondary N) is 1. The number of carboxylic acids is 1. The minimum Gasteiger partial charge on any atom is -0.476 e. The second-order valence-corrected chi connectivity index (χ2v) is 6.94. The number of halogens is 3. The highest BCUT2D eigenvalue weighted by atomic mass is 32.2. The van der Waals surface area contributed by atoms with E-state index in [1.165, 1.54) is 23.9 Å². The third-order valence-electron chi connectivity index (χ3n) is 3.97. The van der Waals surface area contributed by atoms with Crippen molar-refractivity contribution in [2.45, 2.75) is 41.8 Å². The third-order valence-corrected chi connectivity index (χ3v) is 5.24. The Labute approximate surface area is 144 Å². The number of thioether (sulfide) groups is 1. The topological polar surface area (TPSA) is 88.1 Å². The van der Waals surface area contributed by atoms with Crippen molar-refractivity contribution in [1.82, 2.24) is 15.4 Å². The zero-order valence-electron chi connectivity index (χ0n) is 12.8. The van der Waals surface area contributed by atoms with Crippen molar-refractivity contribution in [3.05, 3.63) is 35.5 Å². The van der Waals surface area contributed by atoms with Crippen LogP contribution in [-0.2, 0) is 0 Å². The summed E-state index contributed by atoms with van der Waals surface area (Å²) in [6.45, 7) is 0. The van der Waals surface area contributed by atoms with Crippen molar-refractivity contribution >= 4 is 17.7 Å². The zero-order chi connectivity index (χ0) is 18.0. The predicted octanol–water partition coefficient (Wildman–Crippen LogP) is 3.83. The standard InChI is InChI=1S/C15H14F3N3O3S/c16-15(17,18)24-10-4-1-8(2-5-10)9-3-6-11(7-9)25-13-12(14(22)23)19-21-20-13/h1-2,4-5,9,11H,3,6-7H2,(H,22,23)(H,19,20,21). The number of nitrogens with zero attached hydrogens (tertiary/aromatic N) is 2. The first-order chi connectivity index (χ1) is 11.8. The summed E-state index contributed by atoms with van der Waals surface area (Å²) in [6.07, 6.45) is -2.18. The molecule has 1 aromatic heterocycles. The minimum atomic E-state index is -4.70. The maximum absolute atomic E-state index is 12.2. The van der Waals surface area contributed by atoms with Crippen molar-refractivity contribution in [2.75, 3.05) is 0 Å². The van der Waals surface area contributed by atoms with E-state index in [4.69, 9.17) is 5.11 Å². The molecule has 1 saturated carbocycles. The Morgan fingerprint density at radius 1 is 1.24 bits per heavy atom. The van der Waals surface area contributed by atoms with Gasteiger partial charge >= 0.3 is 12.3 Å². The number of ether oxygens (including phenoxy) is 1. The number of H-pyrrole nitrogens is 1. The molecule has 0 amide bonds. The highest BCUT2D eigenvalue weighted by Gasteiger charge is 2.32. The van der Waals surface area contributed by atoms with Gasteiger partial charge in [-0.1, -0.05) is 23.9 Å². The van der Waals surface area contributed by atoms with Gasteiger partial charge in [0.2, 0.25) is 5.69 Å². The lowest BCUT2D eigenvalue weighted by Crippen LogP contribution is -2.17. The Morgan fingerprint density at radius 3 is 2.60 bits per heavy atom. The van der Waals surface area contributed by atoms with E-state index in [1.54, 1.807) is 12.1 Å². The number of hydrogen-bond acceptors (Lipinski definition) is 5. The van der Waals surface area contributed by atoms with Crippen LogP contribution in [0.15, 0.2) is 29.3 Å². The molecule has 0 radical (unpaired) electrons. The molecule has 2 atom stereocenters. The SMILES string of the molecule is O=C(O)c1n[nH]nc1SC1CCC(c2ccc(OC(F)(F)F)cc2)C1. The van der Waals surface area contributed by atoms with Crippen LogP contribution in [0.5, 0.6) is 5.75 Å². The molecular weight excluding hydrogens is 359 g/mol. The second-order valence-electron chi connectivity index (χ2n) is 5.65. The highest BCUT2D eigenvalue weighted by Crippen LogP contribution is 2.43. The summed E-state index contributed by atoms with van der Waals surface area (Å²) in [5.74, 6) is -1.17. The molecule has 0 aliphatic heterocycles. The lowest BCUT2D eigenvalue weighted by Gasteiger charge is -2.13. The fraction of sp³-hybridized carbons (Fsp3) is 0.400. The van der Waals surface area contributed by atoms with Crippen molar-refractivity contribution < 1.29 is 27.8 Å². The molecular formula is C15H14F3N3O3S. The van der Waals surface area contributed by atoms with Gasteiger partial charge in [0.1, 0.15) is 5.75 Å². The largest absolute Gasteiger partial charge is 0.573 e. The quantitative estimate of drug-likeness (QED) is 0.828. The van der Waals surface area contributed by atoms with E-state index < -0.39 is 12.3 Å². The van der Waals surface area contributed by atoms with Gasteiger partial charge in [0.05, 0.1) is 0 Å². The Bertz CT molecular complexity index is 748.